The normalized spacial score (nSPS) is 11.8. The first kappa shape index (κ1) is 22.9. The van der Waals surface area contributed by atoms with Crippen molar-refractivity contribution in [2.75, 3.05) is 5.75 Å². The molecule has 1 heterocycles. The Morgan fingerprint density at radius 3 is 2.52 bits per heavy atom. The summed E-state index contributed by atoms with van der Waals surface area (Å²) in [4.78, 5) is 29.9. The van der Waals surface area contributed by atoms with Gasteiger partial charge in [-0.05, 0) is 43.2 Å². The van der Waals surface area contributed by atoms with Gasteiger partial charge in [0.2, 0.25) is 5.91 Å². The topological polar surface area (TPSA) is 64.0 Å². The molecule has 0 aliphatic rings. The fourth-order valence-electron chi connectivity index (χ4n) is 3.15. The maximum atomic E-state index is 13.2. The SMILES string of the molecule is CCC(CC)NC(=O)CSc1nc2ccccc2c(=O)n1-c1cccc(C(F)(F)F)c1. The molecule has 0 saturated carbocycles. The van der Waals surface area contributed by atoms with Crippen LogP contribution in [0.2, 0.25) is 0 Å². The van der Waals surface area contributed by atoms with E-state index in [9.17, 15) is 22.8 Å². The van der Waals surface area contributed by atoms with E-state index in [0.717, 1.165) is 41.3 Å². The highest BCUT2D eigenvalue weighted by atomic mass is 32.2. The van der Waals surface area contributed by atoms with Gasteiger partial charge in [0.25, 0.3) is 5.56 Å². The molecule has 164 valence electrons. The monoisotopic (exact) mass is 449 g/mol. The average Bonchev–Trinajstić information content (AvgIpc) is 2.75. The van der Waals surface area contributed by atoms with Gasteiger partial charge in [0.15, 0.2) is 5.16 Å². The zero-order valence-corrected chi connectivity index (χ0v) is 17.9. The lowest BCUT2D eigenvalue weighted by Gasteiger charge is -2.16. The molecule has 1 aromatic heterocycles. The molecule has 2 aromatic carbocycles. The number of thioether (sulfide) groups is 1. The van der Waals surface area contributed by atoms with Crippen LogP contribution in [0.3, 0.4) is 0 Å². The van der Waals surface area contributed by atoms with Crippen LogP contribution in [-0.2, 0) is 11.0 Å². The largest absolute Gasteiger partial charge is 0.416 e. The number of rotatable bonds is 7. The van der Waals surface area contributed by atoms with Crippen LogP contribution >= 0.6 is 11.8 Å². The van der Waals surface area contributed by atoms with E-state index in [1.54, 1.807) is 24.3 Å². The molecule has 0 fully saturated rings. The first-order valence-electron chi connectivity index (χ1n) is 9.86. The maximum absolute atomic E-state index is 13.2. The Kier molecular flexibility index (Phi) is 7.04. The summed E-state index contributed by atoms with van der Waals surface area (Å²) in [6, 6.07) is 11.2. The van der Waals surface area contributed by atoms with E-state index in [0.29, 0.717) is 5.52 Å². The molecular weight excluding hydrogens is 427 g/mol. The molecule has 3 aromatic rings. The fraction of sp³-hybridized carbons (Fsp3) is 0.318. The van der Waals surface area contributed by atoms with Crippen molar-refractivity contribution in [3.63, 3.8) is 0 Å². The number of hydrogen-bond acceptors (Lipinski definition) is 4. The lowest BCUT2D eigenvalue weighted by molar-refractivity contribution is -0.137. The van der Waals surface area contributed by atoms with Crippen molar-refractivity contribution in [3.8, 4) is 5.69 Å². The summed E-state index contributed by atoms with van der Waals surface area (Å²) in [5.41, 5.74) is -0.903. The van der Waals surface area contributed by atoms with Crippen molar-refractivity contribution in [3.05, 3.63) is 64.4 Å². The van der Waals surface area contributed by atoms with Crippen LogP contribution < -0.4 is 10.9 Å². The second-order valence-corrected chi connectivity index (χ2v) is 7.91. The Hall–Kier alpha value is -2.81. The number of carbonyl (C=O) groups is 1. The summed E-state index contributed by atoms with van der Waals surface area (Å²) in [5, 5.41) is 3.34. The first-order valence-corrected chi connectivity index (χ1v) is 10.8. The number of halogens is 3. The first-order chi connectivity index (χ1) is 14.7. The Labute approximate surface area is 181 Å². The number of alkyl halides is 3. The van der Waals surface area contributed by atoms with Gasteiger partial charge in [0.1, 0.15) is 0 Å². The summed E-state index contributed by atoms with van der Waals surface area (Å²) in [5.74, 6) is -0.239. The highest BCUT2D eigenvalue weighted by Crippen LogP contribution is 2.31. The number of nitrogens with one attached hydrogen (secondary N) is 1. The molecule has 0 bridgehead atoms. The van der Waals surface area contributed by atoms with Crippen LogP contribution in [0.25, 0.3) is 16.6 Å². The smallest absolute Gasteiger partial charge is 0.353 e. The van der Waals surface area contributed by atoms with Gasteiger partial charge in [-0.15, -0.1) is 0 Å². The number of benzene rings is 2. The van der Waals surface area contributed by atoms with E-state index in [1.165, 1.54) is 12.1 Å². The molecular formula is C22H22F3N3O2S. The van der Waals surface area contributed by atoms with Gasteiger partial charge in [-0.2, -0.15) is 13.2 Å². The molecule has 0 aliphatic carbocycles. The van der Waals surface area contributed by atoms with Crippen LogP contribution in [0.5, 0.6) is 0 Å². The molecule has 0 saturated heterocycles. The minimum absolute atomic E-state index is 0.0136. The number of fused-ring (bicyclic) bond motifs is 1. The van der Waals surface area contributed by atoms with Crippen molar-refractivity contribution >= 4 is 28.6 Å². The third-order valence-electron chi connectivity index (χ3n) is 4.86. The average molecular weight is 449 g/mol. The standard InChI is InChI=1S/C22H22F3N3O2S/c1-3-15(4-2)26-19(29)13-31-21-27-18-11-6-5-10-17(18)20(30)28(21)16-9-7-8-14(12-16)22(23,24)25/h5-12,15H,3-4,13H2,1-2H3,(H,26,29). The molecule has 9 heteroatoms. The van der Waals surface area contributed by atoms with Crippen molar-refractivity contribution in [1.29, 1.82) is 0 Å². The van der Waals surface area contributed by atoms with Crippen LogP contribution in [0.4, 0.5) is 13.2 Å². The highest BCUT2D eigenvalue weighted by molar-refractivity contribution is 7.99. The van der Waals surface area contributed by atoms with Crippen LogP contribution in [0.1, 0.15) is 32.3 Å². The van der Waals surface area contributed by atoms with Crippen molar-refractivity contribution in [2.45, 2.75) is 44.1 Å². The molecule has 31 heavy (non-hydrogen) atoms. The second kappa shape index (κ2) is 9.55. The molecule has 1 amide bonds. The lowest BCUT2D eigenvalue weighted by Crippen LogP contribution is -2.35. The van der Waals surface area contributed by atoms with Gasteiger partial charge < -0.3 is 5.32 Å². The molecule has 0 unspecified atom stereocenters. The van der Waals surface area contributed by atoms with Gasteiger partial charge in [-0.3, -0.25) is 14.2 Å². The lowest BCUT2D eigenvalue weighted by atomic mass is 10.2. The number of carbonyl (C=O) groups excluding carboxylic acids is 1. The number of amides is 1. The molecule has 3 rings (SSSR count). The van der Waals surface area contributed by atoms with Crippen molar-refractivity contribution < 1.29 is 18.0 Å². The van der Waals surface area contributed by atoms with Gasteiger partial charge in [0, 0.05) is 6.04 Å². The van der Waals surface area contributed by atoms with E-state index in [1.807, 2.05) is 13.8 Å². The number of aromatic nitrogens is 2. The Morgan fingerprint density at radius 2 is 1.84 bits per heavy atom. The zero-order chi connectivity index (χ0) is 22.6. The Bertz CT molecular complexity index is 1140. The Balaban J connectivity index is 2.05. The molecule has 1 N–H and O–H groups in total. The van der Waals surface area contributed by atoms with E-state index in [-0.39, 0.29) is 33.9 Å². The predicted molar refractivity (Wildman–Crippen MR) is 116 cm³/mol. The van der Waals surface area contributed by atoms with Crippen LogP contribution in [0, 0.1) is 0 Å². The highest BCUT2D eigenvalue weighted by Gasteiger charge is 2.31. The minimum atomic E-state index is -4.55. The van der Waals surface area contributed by atoms with Crippen molar-refractivity contribution in [2.24, 2.45) is 0 Å². The van der Waals surface area contributed by atoms with Gasteiger partial charge in [-0.1, -0.05) is 43.8 Å². The van der Waals surface area contributed by atoms with Crippen LogP contribution in [-0.4, -0.2) is 27.3 Å². The minimum Gasteiger partial charge on any atom is -0.353 e. The molecule has 5 nitrogen and oxygen atoms in total. The predicted octanol–water partition coefficient (Wildman–Crippen LogP) is 4.80. The zero-order valence-electron chi connectivity index (χ0n) is 17.1. The maximum Gasteiger partial charge on any atom is 0.416 e. The molecule has 0 atom stereocenters. The van der Waals surface area contributed by atoms with E-state index in [2.05, 4.69) is 10.3 Å². The third kappa shape index (κ3) is 5.28. The number of nitrogens with zero attached hydrogens (tertiary/aromatic N) is 2. The van der Waals surface area contributed by atoms with Crippen LogP contribution in [0.15, 0.2) is 58.5 Å². The summed E-state index contributed by atoms with van der Waals surface area (Å²) in [7, 11) is 0. The van der Waals surface area contributed by atoms with Crippen molar-refractivity contribution in [1.82, 2.24) is 14.9 Å². The number of hydrogen-bond donors (Lipinski definition) is 1. The van der Waals surface area contributed by atoms with E-state index < -0.39 is 17.3 Å². The Morgan fingerprint density at radius 1 is 1.13 bits per heavy atom. The summed E-state index contributed by atoms with van der Waals surface area (Å²) < 4.78 is 40.8. The van der Waals surface area contributed by atoms with Gasteiger partial charge in [0.05, 0.1) is 27.9 Å². The second-order valence-electron chi connectivity index (χ2n) is 6.97. The van der Waals surface area contributed by atoms with Gasteiger partial charge in [-0.25, -0.2) is 4.98 Å². The number of para-hydroxylation sites is 1. The van der Waals surface area contributed by atoms with E-state index in [4.69, 9.17) is 0 Å². The molecule has 0 aliphatic heterocycles. The summed E-state index contributed by atoms with van der Waals surface area (Å²) >= 11 is 1.01. The quantitative estimate of drug-likeness (QED) is 0.416. The van der Waals surface area contributed by atoms with Gasteiger partial charge >= 0.3 is 6.18 Å². The third-order valence-corrected chi connectivity index (χ3v) is 5.80. The molecule has 0 radical (unpaired) electrons. The molecule has 0 spiro atoms. The van der Waals surface area contributed by atoms with E-state index >= 15 is 0 Å². The summed E-state index contributed by atoms with van der Waals surface area (Å²) in [6.45, 7) is 3.94. The fourth-order valence-corrected chi connectivity index (χ4v) is 3.97. The summed E-state index contributed by atoms with van der Waals surface area (Å²) in [6.07, 6.45) is -2.97.